The van der Waals surface area contributed by atoms with E-state index in [0.29, 0.717) is 12.4 Å². The summed E-state index contributed by atoms with van der Waals surface area (Å²) in [5.74, 6) is 5.59. The number of hydrogen-bond donors (Lipinski definition) is 3. The zero-order valence-electron chi connectivity index (χ0n) is 11.2. The second-order valence-electron chi connectivity index (χ2n) is 4.47. The number of benzene rings is 1. The number of carbonyl (C=O) groups excluding carboxylic acids is 1. The van der Waals surface area contributed by atoms with Gasteiger partial charge < -0.3 is 10.7 Å². The molecule has 1 heterocycles. The van der Waals surface area contributed by atoms with E-state index in [4.69, 9.17) is 5.84 Å². The van der Waals surface area contributed by atoms with Crippen LogP contribution < -0.4 is 16.6 Å². The fraction of sp³-hybridized carbons (Fsp3) is 0.214. The van der Waals surface area contributed by atoms with E-state index in [1.165, 1.54) is 5.56 Å². The van der Waals surface area contributed by atoms with Crippen molar-refractivity contribution in [2.75, 3.05) is 12.0 Å². The minimum atomic E-state index is -0.246. The zero-order valence-corrected chi connectivity index (χ0v) is 11.2. The molecular weight excluding hydrogens is 254 g/mol. The van der Waals surface area contributed by atoms with Gasteiger partial charge >= 0.3 is 0 Å². The first-order valence-corrected chi connectivity index (χ1v) is 6.34. The topological polar surface area (TPSA) is 92.9 Å². The summed E-state index contributed by atoms with van der Waals surface area (Å²) in [6.07, 6.45) is 0. The van der Waals surface area contributed by atoms with Gasteiger partial charge in [0.05, 0.1) is 0 Å². The first-order chi connectivity index (χ1) is 9.70. The highest BCUT2D eigenvalue weighted by molar-refractivity contribution is 5.92. The van der Waals surface area contributed by atoms with Crippen molar-refractivity contribution in [2.45, 2.75) is 12.8 Å². The summed E-state index contributed by atoms with van der Waals surface area (Å²) >= 11 is 0. The maximum Gasteiger partial charge on any atom is 0.271 e. The third kappa shape index (κ3) is 3.52. The molecule has 1 amide bonds. The lowest BCUT2D eigenvalue weighted by atomic mass is 10.0. The van der Waals surface area contributed by atoms with Crippen LogP contribution in [0.5, 0.6) is 0 Å². The van der Waals surface area contributed by atoms with Gasteiger partial charge in [0.25, 0.3) is 5.91 Å². The maximum absolute atomic E-state index is 11.9. The molecule has 6 heteroatoms. The number of rotatable bonds is 5. The lowest BCUT2D eigenvalue weighted by Gasteiger charge is -2.12. The molecule has 0 saturated heterocycles. The molecule has 0 aliphatic rings. The summed E-state index contributed by atoms with van der Waals surface area (Å²) in [5, 5.41) is 10.4. The number of amides is 1. The van der Waals surface area contributed by atoms with Crippen molar-refractivity contribution in [1.29, 1.82) is 0 Å². The summed E-state index contributed by atoms with van der Waals surface area (Å²) in [5.41, 5.74) is 3.81. The molecule has 1 aromatic carbocycles. The van der Waals surface area contributed by atoms with Crippen molar-refractivity contribution < 1.29 is 4.79 Å². The molecule has 1 atom stereocenters. The highest BCUT2D eigenvalue weighted by Crippen LogP contribution is 2.13. The Balaban J connectivity index is 1.91. The predicted octanol–water partition coefficient (Wildman–Crippen LogP) is 1.30. The number of carbonyl (C=O) groups is 1. The first kappa shape index (κ1) is 14.0. The summed E-state index contributed by atoms with van der Waals surface area (Å²) < 4.78 is 0. The molecule has 1 aromatic heterocycles. The fourth-order valence-corrected chi connectivity index (χ4v) is 1.77. The van der Waals surface area contributed by atoms with E-state index in [1.807, 2.05) is 30.3 Å². The number of nitrogens with one attached hydrogen (secondary N) is 2. The predicted molar refractivity (Wildman–Crippen MR) is 77.0 cm³/mol. The van der Waals surface area contributed by atoms with Gasteiger partial charge in [0, 0.05) is 6.54 Å². The Morgan fingerprint density at radius 1 is 1.20 bits per heavy atom. The van der Waals surface area contributed by atoms with E-state index < -0.39 is 0 Å². The molecule has 0 saturated carbocycles. The second-order valence-corrected chi connectivity index (χ2v) is 4.47. The Hall–Kier alpha value is -2.47. The van der Waals surface area contributed by atoms with Crippen LogP contribution >= 0.6 is 0 Å². The van der Waals surface area contributed by atoms with Crippen molar-refractivity contribution >= 4 is 11.7 Å². The van der Waals surface area contributed by atoms with Crippen LogP contribution in [0, 0.1) is 0 Å². The Morgan fingerprint density at radius 2 is 1.95 bits per heavy atom. The number of aromatic nitrogens is 2. The van der Waals surface area contributed by atoms with Crippen LogP contribution in [0.2, 0.25) is 0 Å². The Morgan fingerprint density at radius 3 is 2.55 bits per heavy atom. The van der Waals surface area contributed by atoms with E-state index in [2.05, 4.69) is 27.9 Å². The monoisotopic (exact) mass is 271 g/mol. The van der Waals surface area contributed by atoms with Gasteiger partial charge in [-0.25, -0.2) is 5.84 Å². The van der Waals surface area contributed by atoms with Gasteiger partial charge in [-0.05, 0) is 23.6 Å². The van der Waals surface area contributed by atoms with Crippen molar-refractivity contribution in [3.8, 4) is 0 Å². The summed E-state index contributed by atoms with van der Waals surface area (Å²) in [6.45, 7) is 2.60. The minimum absolute atomic E-state index is 0.234. The Kier molecular flexibility index (Phi) is 4.62. The quantitative estimate of drug-likeness (QED) is 0.563. The number of nitrogen functional groups attached to an aromatic ring is 1. The maximum atomic E-state index is 11.9. The summed E-state index contributed by atoms with van der Waals surface area (Å²) in [6, 6.07) is 13.2. The third-order valence-corrected chi connectivity index (χ3v) is 2.98. The number of anilines is 1. The Labute approximate surface area is 117 Å². The van der Waals surface area contributed by atoms with Gasteiger partial charge in [-0.3, -0.25) is 4.79 Å². The second kappa shape index (κ2) is 6.63. The molecule has 0 fully saturated rings. The van der Waals surface area contributed by atoms with Crippen LogP contribution in [0.25, 0.3) is 0 Å². The third-order valence-electron chi connectivity index (χ3n) is 2.98. The van der Waals surface area contributed by atoms with Crippen LogP contribution in [-0.4, -0.2) is 22.6 Å². The molecule has 4 N–H and O–H groups in total. The fourth-order valence-electron chi connectivity index (χ4n) is 1.77. The van der Waals surface area contributed by atoms with Gasteiger partial charge in [0.15, 0.2) is 11.5 Å². The molecule has 1 unspecified atom stereocenters. The van der Waals surface area contributed by atoms with Crippen LogP contribution in [0.1, 0.15) is 28.9 Å². The van der Waals surface area contributed by atoms with Gasteiger partial charge in [0.2, 0.25) is 0 Å². The molecular formula is C14H17N5O. The molecule has 0 aliphatic carbocycles. The van der Waals surface area contributed by atoms with Gasteiger partial charge in [0.1, 0.15) is 0 Å². The molecule has 0 spiro atoms. The van der Waals surface area contributed by atoms with E-state index >= 15 is 0 Å². The molecule has 6 nitrogen and oxygen atoms in total. The molecule has 2 aromatic rings. The number of hydrazine groups is 1. The normalized spacial score (nSPS) is 11.7. The van der Waals surface area contributed by atoms with Crippen LogP contribution in [0.3, 0.4) is 0 Å². The van der Waals surface area contributed by atoms with Gasteiger partial charge in [-0.15, -0.1) is 10.2 Å². The number of hydrogen-bond acceptors (Lipinski definition) is 5. The summed E-state index contributed by atoms with van der Waals surface area (Å²) in [7, 11) is 0. The lowest BCUT2D eigenvalue weighted by molar-refractivity contribution is 0.0945. The van der Waals surface area contributed by atoms with Crippen LogP contribution in [0.4, 0.5) is 5.82 Å². The number of nitrogens with zero attached hydrogens (tertiary/aromatic N) is 2. The highest BCUT2D eigenvalue weighted by Gasteiger charge is 2.10. The van der Waals surface area contributed by atoms with E-state index in [9.17, 15) is 4.79 Å². The van der Waals surface area contributed by atoms with Crippen molar-refractivity contribution in [2.24, 2.45) is 5.84 Å². The molecule has 104 valence electrons. The Bertz CT molecular complexity index is 556. The van der Waals surface area contributed by atoms with Gasteiger partial charge in [-0.2, -0.15) is 0 Å². The first-order valence-electron chi connectivity index (χ1n) is 6.34. The van der Waals surface area contributed by atoms with E-state index in [1.54, 1.807) is 12.1 Å². The minimum Gasteiger partial charge on any atom is -0.350 e. The standard InChI is InChI=1S/C14H17N5O/c1-10(11-5-3-2-4-6-11)9-16-14(20)12-7-8-13(17-15)19-18-12/h2-8,10H,9,15H2,1H3,(H,16,20)(H,17,19). The van der Waals surface area contributed by atoms with Gasteiger partial charge in [-0.1, -0.05) is 37.3 Å². The molecule has 0 radical (unpaired) electrons. The van der Waals surface area contributed by atoms with Crippen molar-refractivity contribution in [3.05, 3.63) is 53.7 Å². The average molecular weight is 271 g/mol. The average Bonchev–Trinajstić information content (AvgIpc) is 2.53. The molecule has 20 heavy (non-hydrogen) atoms. The zero-order chi connectivity index (χ0) is 14.4. The molecule has 2 rings (SSSR count). The lowest BCUT2D eigenvalue weighted by Crippen LogP contribution is -2.28. The van der Waals surface area contributed by atoms with Crippen LogP contribution in [-0.2, 0) is 0 Å². The number of nitrogens with two attached hydrogens (primary N) is 1. The molecule has 0 aliphatic heterocycles. The smallest absolute Gasteiger partial charge is 0.271 e. The van der Waals surface area contributed by atoms with E-state index in [-0.39, 0.29) is 17.5 Å². The highest BCUT2D eigenvalue weighted by atomic mass is 16.1. The van der Waals surface area contributed by atoms with E-state index in [0.717, 1.165) is 0 Å². The van der Waals surface area contributed by atoms with Crippen LogP contribution in [0.15, 0.2) is 42.5 Å². The largest absolute Gasteiger partial charge is 0.350 e. The van der Waals surface area contributed by atoms with Crippen molar-refractivity contribution in [1.82, 2.24) is 15.5 Å². The summed E-state index contributed by atoms with van der Waals surface area (Å²) in [4.78, 5) is 11.9. The van der Waals surface area contributed by atoms with Crippen molar-refractivity contribution in [3.63, 3.8) is 0 Å². The SMILES string of the molecule is CC(CNC(=O)c1ccc(NN)nn1)c1ccccc1. The molecule has 0 bridgehead atoms.